The van der Waals surface area contributed by atoms with Gasteiger partial charge in [0, 0.05) is 11.3 Å². The minimum absolute atomic E-state index is 0.0730. The molecule has 1 aromatic carbocycles. The third-order valence-corrected chi connectivity index (χ3v) is 6.09. The van der Waals surface area contributed by atoms with Crippen LogP contribution in [0, 0.1) is 0 Å². The molecule has 0 spiro atoms. The van der Waals surface area contributed by atoms with Crippen molar-refractivity contribution < 1.29 is 29.7 Å². The van der Waals surface area contributed by atoms with E-state index in [1.807, 2.05) is 0 Å². The normalized spacial score (nSPS) is 22.3. The maximum atomic E-state index is 12.6. The van der Waals surface area contributed by atoms with Crippen LogP contribution in [0.5, 0.6) is 5.75 Å². The van der Waals surface area contributed by atoms with E-state index in [0.29, 0.717) is 22.5 Å². The lowest BCUT2D eigenvalue weighted by Crippen LogP contribution is -2.71. The number of amides is 2. The zero-order valence-corrected chi connectivity index (χ0v) is 16.3. The fourth-order valence-corrected chi connectivity index (χ4v) is 4.59. The number of carbonyl (C=O) groups excluding carboxylic acids is 2. The van der Waals surface area contributed by atoms with Gasteiger partial charge in [-0.25, -0.2) is 4.79 Å². The molecule has 0 bridgehead atoms. The molecule has 9 nitrogen and oxygen atoms in total. The Morgan fingerprint density at radius 3 is 2.76 bits per heavy atom. The topological polar surface area (TPSA) is 153 Å². The van der Waals surface area contributed by atoms with Crippen molar-refractivity contribution in [2.75, 3.05) is 5.75 Å². The van der Waals surface area contributed by atoms with Gasteiger partial charge in [-0.3, -0.25) is 14.5 Å². The molecule has 1 unspecified atom stereocenters. The Labute approximate surface area is 170 Å². The molecule has 1 fully saturated rings. The molecule has 3 atom stereocenters. The number of carbonyl (C=O) groups is 3. The molecule has 2 heterocycles. The van der Waals surface area contributed by atoms with E-state index in [4.69, 9.17) is 10.8 Å². The Hall–Kier alpha value is -2.82. The van der Waals surface area contributed by atoms with Gasteiger partial charge in [0.2, 0.25) is 5.91 Å². The van der Waals surface area contributed by atoms with Crippen molar-refractivity contribution in [1.82, 2.24) is 10.2 Å². The number of rotatable bonds is 6. The molecule has 29 heavy (non-hydrogen) atoms. The molecular weight excluding hydrogens is 398 g/mol. The average molecular weight is 419 g/mol. The highest BCUT2D eigenvalue weighted by Gasteiger charge is 2.54. The van der Waals surface area contributed by atoms with Crippen molar-refractivity contribution >= 4 is 29.5 Å². The van der Waals surface area contributed by atoms with Crippen molar-refractivity contribution in [2.24, 2.45) is 5.73 Å². The fourth-order valence-electron chi connectivity index (χ4n) is 3.27. The number of aliphatic hydroxyl groups excluding tert-OH is 1. The predicted molar refractivity (Wildman–Crippen MR) is 105 cm³/mol. The van der Waals surface area contributed by atoms with Crippen LogP contribution in [0.3, 0.4) is 0 Å². The number of thioether (sulfide) groups is 1. The number of carboxylic acids is 1. The third kappa shape index (κ3) is 3.74. The first kappa shape index (κ1) is 20.9. The van der Waals surface area contributed by atoms with Gasteiger partial charge in [-0.2, -0.15) is 0 Å². The molecule has 2 aliphatic rings. The van der Waals surface area contributed by atoms with Crippen LogP contribution in [0.2, 0.25) is 0 Å². The maximum Gasteiger partial charge on any atom is 0.352 e. The van der Waals surface area contributed by atoms with Crippen LogP contribution in [0.4, 0.5) is 0 Å². The highest BCUT2D eigenvalue weighted by molar-refractivity contribution is 8.00. The Kier molecular flexibility index (Phi) is 5.96. The van der Waals surface area contributed by atoms with Crippen LogP contribution in [0.15, 0.2) is 41.6 Å². The third-order valence-electron chi connectivity index (χ3n) is 4.79. The standard InChI is InChI=1S/C19H21N3O6S/c1-2-3-11-8-29-18-14(17(26)22(18)15(11)19(27)28)21-16(25)13(20)9-4-5-10(7-23)12(24)6-9/h2-6,13-14,18,23-24H,7-8,20H2,1H3,(H,21,25)(H,27,28)/b3-2-/t13-,14?,18-/m1/s1. The second kappa shape index (κ2) is 8.27. The number of hydrogen-bond donors (Lipinski definition) is 5. The first-order valence-corrected chi connectivity index (χ1v) is 9.87. The number of hydrogen-bond acceptors (Lipinski definition) is 7. The monoisotopic (exact) mass is 419 g/mol. The lowest BCUT2D eigenvalue weighted by atomic mass is 10.0. The summed E-state index contributed by atoms with van der Waals surface area (Å²) < 4.78 is 0. The summed E-state index contributed by atoms with van der Waals surface area (Å²) in [5.74, 6) is -2.12. The zero-order chi connectivity index (χ0) is 21.3. The smallest absolute Gasteiger partial charge is 0.352 e. The van der Waals surface area contributed by atoms with Gasteiger partial charge in [0.1, 0.15) is 28.9 Å². The number of β-lactam (4-membered cyclic amide) rings is 1. The molecule has 1 saturated heterocycles. The zero-order valence-electron chi connectivity index (χ0n) is 15.5. The van der Waals surface area contributed by atoms with Crippen molar-refractivity contribution in [3.63, 3.8) is 0 Å². The lowest BCUT2D eigenvalue weighted by molar-refractivity contribution is -0.150. The number of nitrogens with zero attached hydrogens (tertiary/aromatic N) is 1. The number of nitrogens with two attached hydrogens (primary N) is 1. The van der Waals surface area contributed by atoms with Crippen LogP contribution in [-0.4, -0.2) is 55.2 Å². The molecule has 10 heteroatoms. The maximum absolute atomic E-state index is 12.6. The number of benzene rings is 1. The number of aromatic hydroxyl groups is 1. The molecule has 2 aliphatic heterocycles. The minimum atomic E-state index is -1.20. The second-order valence-corrected chi connectivity index (χ2v) is 7.70. The van der Waals surface area contributed by atoms with E-state index >= 15 is 0 Å². The van der Waals surface area contributed by atoms with Crippen LogP contribution < -0.4 is 11.1 Å². The molecule has 0 saturated carbocycles. The summed E-state index contributed by atoms with van der Waals surface area (Å²) >= 11 is 1.36. The van der Waals surface area contributed by atoms with Crippen molar-refractivity contribution in [1.29, 1.82) is 0 Å². The molecule has 154 valence electrons. The van der Waals surface area contributed by atoms with Gasteiger partial charge in [-0.15, -0.1) is 11.8 Å². The van der Waals surface area contributed by atoms with E-state index in [2.05, 4.69) is 5.32 Å². The van der Waals surface area contributed by atoms with Gasteiger partial charge in [-0.05, 0) is 24.1 Å². The number of fused-ring (bicyclic) bond motifs is 1. The summed E-state index contributed by atoms with van der Waals surface area (Å²) in [5, 5.41) is 30.5. The molecule has 0 radical (unpaired) electrons. The van der Waals surface area contributed by atoms with Gasteiger partial charge in [-0.1, -0.05) is 24.3 Å². The van der Waals surface area contributed by atoms with Gasteiger partial charge >= 0.3 is 5.97 Å². The highest BCUT2D eigenvalue weighted by atomic mass is 32.2. The number of aliphatic hydroxyl groups is 1. The van der Waals surface area contributed by atoms with E-state index in [1.54, 1.807) is 19.1 Å². The van der Waals surface area contributed by atoms with E-state index in [-0.39, 0.29) is 18.1 Å². The van der Waals surface area contributed by atoms with E-state index in [0.717, 1.165) is 0 Å². The molecule has 3 rings (SSSR count). The Bertz CT molecular complexity index is 929. The Balaban J connectivity index is 1.74. The molecule has 1 aromatic rings. The Morgan fingerprint density at radius 1 is 1.45 bits per heavy atom. The SMILES string of the molecule is C/C=C\C1=C(C(=O)O)N2C(=O)C(NC(=O)[C@H](N)c3ccc(CO)c(O)c3)[C@H]2SC1. The van der Waals surface area contributed by atoms with Crippen LogP contribution in [0.1, 0.15) is 24.1 Å². The largest absolute Gasteiger partial charge is 0.508 e. The van der Waals surface area contributed by atoms with E-state index in [1.165, 1.54) is 34.9 Å². The summed E-state index contributed by atoms with van der Waals surface area (Å²) in [6.07, 6.45) is 3.36. The number of nitrogens with one attached hydrogen (secondary N) is 1. The molecular formula is C19H21N3O6S. The average Bonchev–Trinajstić information content (AvgIpc) is 2.70. The van der Waals surface area contributed by atoms with Gasteiger partial charge in [0.25, 0.3) is 5.91 Å². The minimum Gasteiger partial charge on any atom is -0.508 e. The summed E-state index contributed by atoms with van der Waals surface area (Å²) in [6, 6.07) is 2.23. The Morgan fingerprint density at radius 2 is 2.17 bits per heavy atom. The highest BCUT2D eigenvalue weighted by Crippen LogP contribution is 2.40. The van der Waals surface area contributed by atoms with Crippen molar-refractivity contribution in [3.8, 4) is 5.75 Å². The van der Waals surface area contributed by atoms with Gasteiger partial charge in [0.05, 0.1) is 6.61 Å². The first-order valence-electron chi connectivity index (χ1n) is 8.82. The number of aliphatic carboxylic acids is 1. The summed E-state index contributed by atoms with van der Waals surface area (Å²) in [5.41, 5.74) is 7.03. The van der Waals surface area contributed by atoms with E-state index < -0.39 is 35.2 Å². The van der Waals surface area contributed by atoms with Crippen LogP contribution in [0.25, 0.3) is 0 Å². The summed E-state index contributed by atoms with van der Waals surface area (Å²) in [6.45, 7) is 1.41. The van der Waals surface area contributed by atoms with Gasteiger partial charge in [0.15, 0.2) is 0 Å². The first-order chi connectivity index (χ1) is 13.8. The molecule has 0 aliphatic carbocycles. The van der Waals surface area contributed by atoms with Crippen LogP contribution in [-0.2, 0) is 21.0 Å². The van der Waals surface area contributed by atoms with Crippen molar-refractivity contribution in [3.05, 3.63) is 52.7 Å². The molecule has 2 amide bonds. The molecule has 0 aromatic heterocycles. The number of carboxylic acid groups (broad SMARTS) is 1. The van der Waals surface area contributed by atoms with E-state index in [9.17, 15) is 24.6 Å². The predicted octanol–water partition coefficient (Wildman–Crippen LogP) is 0.199. The second-order valence-electron chi connectivity index (χ2n) is 6.60. The van der Waals surface area contributed by atoms with Crippen molar-refractivity contribution in [2.45, 2.75) is 31.0 Å². The van der Waals surface area contributed by atoms with Crippen LogP contribution >= 0.6 is 11.8 Å². The number of phenols is 1. The molecule has 6 N–H and O–H groups in total. The fraction of sp³-hybridized carbons (Fsp3) is 0.316. The number of allylic oxidation sites excluding steroid dienone is 2. The summed E-state index contributed by atoms with van der Waals surface area (Å²) in [7, 11) is 0. The quantitative estimate of drug-likeness (QED) is 0.410. The summed E-state index contributed by atoms with van der Waals surface area (Å²) in [4.78, 5) is 37.9. The van der Waals surface area contributed by atoms with Gasteiger partial charge < -0.3 is 26.4 Å². The lowest BCUT2D eigenvalue weighted by Gasteiger charge is -2.49.